The fraction of sp³-hybridized carbons (Fsp3) is 0.118. The predicted molar refractivity (Wildman–Crippen MR) is 103 cm³/mol. The highest BCUT2D eigenvalue weighted by molar-refractivity contribution is 6.32. The number of carbonyl (C=O) groups is 1. The van der Waals surface area contributed by atoms with Crippen molar-refractivity contribution in [3.05, 3.63) is 59.8 Å². The third-order valence-electron chi connectivity index (χ3n) is 3.96. The molecule has 2 amide bonds. The van der Waals surface area contributed by atoms with Crippen LogP contribution < -0.4 is 10.6 Å². The van der Waals surface area contributed by atoms with E-state index in [1.165, 1.54) is 35.7 Å². The molecule has 0 saturated heterocycles. The molecule has 0 bridgehead atoms. The Bertz CT molecular complexity index is 1140. The Hall–Kier alpha value is -3.50. The van der Waals surface area contributed by atoms with E-state index in [1.54, 1.807) is 17.6 Å². The number of hydrogen-bond donors (Lipinski definition) is 3. The maximum absolute atomic E-state index is 12.4. The third kappa shape index (κ3) is 3.38. The van der Waals surface area contributed by atoms with Gasteiger partial charge >= 0.3 is 6.03 Å². The van der Waals surface area contributed by atoms with E-state index in [2.05, 4.69) is 30.9 Å². The van der Waals surface area contributed by atoms with E-state index in [1.807, 2.05) is 12.1 Å². The largest absolute Gasteiger partial charge is 0.389 e. The summed E-state index contributed by atoms with van der Waals surface area (Å²) in [4.78, 5) is 17.9. The topological polar surface area (TPSA) is 122 Å². The average Bonchev–Trinajstić information content (AvgIpc) is 3.32. The van der Waals surface area contributed by atoms with Gasteiger partial charge in [0.25, 0.3) is 0 Å². The molecule has 0 saturated carbocycles. The van der Waals surface area contributed by atoms with Gasteiger partial charge < -0.3 is 15.7 Å². The molecule has 4 aromatic rings. The Kier molecular flexibility index (Phi) is 4.63. The van der Waals surface area contributed by atoms with Crippen LogP contribution in [0, 0.1) is 0 Å². The van der Waals surface area contributed by atoms with Gasteiger partial charge in [-0.15, -0.1) is 4.80 Å². The summed E-state index contributed by atoms with van der Waals surface area (Å²) in [5.41, 5.74) is 2.05. The minimum absolute atomic E-state index is 0.273. The van der Waals surface area contributed by atoms with Crippen LogP contribution >= 0.6 is 11.6 Å². The number of aliphatic hydroxyl groups excluding tert-OH is 1. The number of anilines is 2. The second-order valence-corrected chi connectivity index (χ2v) is 6.32. The Balaban J connectivity index is 1.54. The van der Waals surface area contributed by atoms with Crippen LogP contribution in [0.2, 0.25) is 5.02 Å². The molecule has 3 N–H and O–H groups in total. The van der Waals surface area contributed by atoms with Crippen molar-refractivity contribution >= 4 is 34.5 Å². The Morgan fingerprint density at radius 3 is 2.71 bits per heavy atom. The van der Waals surface area contributed by atoms with Crippen molar-refractivity contribution in [3.8, 4) is 5.82 Å². The number of urea groups is 1. The second kappa shape index (κ2) is 7.25. The Labute approximate surface area is 163 Å². The van der Waals surface area contributed by atoms with E-state index in [0.717, 1.165) is 0 Å². The molecule has 4 heterocycles. The number of pyridine rings is 1. The molecule has 0 aromatic carbocycles. The van der Waals surface area contributed by atoms with Gasteiger partial charge in [-0.25, -0.2) is 14.3 Å². The van der Waals surface area contributed by atoms with Crippen LogP contribution in [0.4, 0.5) is 16.2 Å². The zero-order chi connectivity index (χ0) is 19.7. The Morgan fingerprint density at radius 2 is 2.00 bits per heavy atom. The van der Waals surface area contributed by atoms with Crippen molar-refractivity contribution in [2.45, 2.75) is 13.0 Å². The van der Waals surface area contributed by atoms with E-state index in [4.69, 9.17) is 11.6 Å². The van der Waals surface area contributed by atoms with Crippen LogP contribution in [0.15, 0.2) is 49.2 Å². The number of rotatable bonds is 4. The fourth-order valence-corrected chi connectivity index (χ4v) is 3.05. The van der Waals surface area contributed by atoms with Crippen molar-refractivity contribution in [3.63, 3.8) is 0 Å². The summed E-state index contributed by atoms with van der Waals surface area (Å²) in [6.07, 6.45) is 6.89. The molecule has 4 aromatic heterocycles. The summed E-state index contributed by atoms with van der Waals surface area (Å²) in [6, 6.07) is 4.63. The van der Waals surface area contributed by atoms with Gasteiger partial charge in [-0.2, -0.15) is 15.3 Å². The minimum atomic E-state index is -0.798. The molecule has 0 unspecified atom stereocenters. The summed E-state index contributed by atoms with van der Waals surface area (Å²) in [5.74, 6) is 0.344. The van der Waals surface area contributed by atoms with Gasteiger partial charge in [-0.3, -0.25) is 0 Å². The third-order valence-corrected chi connectivity index (χ3v) is 4.24. The molecular formula is C17H15ClN8O2. The first-order chi connectivity index (χ1) is 13.5. The lowest BCUT2D eigenvalue weighted by molar-refractivity contribution is 0.201. The number of amides is 2. The van der Waals surface area contributed by atoms with Crippen molar-refractivity contribution in [2.75, 3.05) is 10.6 Å². The maximum atomic E-state index is 12.4. The Morgan fingerprint density at radius 1 is 1.21 bits per heavy atom. The van der Waals surface area contributed by atoms with Gasteiger partial charge in [0.05, 0.1) is 52.8 Å². The molecule has 1 atom stereocenters. The van der Waals surface area contributed by atoms with Crippen molar-refractivity contribution in [1.29, 1.82) is 0 Å². The highest BCUT2D eigenvalue weighted by Crippen LogP contribution is 2.27. The monoisotopic (exact) mass is 398 g/mol. The minimum Gasteiger partial charge on any atom is -0.389 e. The van der Waals surface area contributed by atoms with Gasteiger partial charge in [0.2, 0.25) is 0 Å². The van der Waals surface area contributed by atoms with Gasteiger partial charge in [0.1, 0.15) is 0 Å². The lowest BCUT2D eigenvalue weighted by Gasteiger charge is -2.15. The quantitative estimate of drug-likeness (QED) is 0.485. The first kappa shape index (κ1) is 17.9. The molecule has 0 aliphatic carbocycles. The number of nitrogens with zero attached hydrogens (tertiary/aromatic N) is 6. The zero-order valence-corrected chi connectivity index (χ0v) is 15.4. The molecular weight excluding hydrogens is 384 g/mol. The van der Waals surface area contributed by atoms with Gasteiger partial charge in [0, 0.05) is 11.8 Å². The van der Waals surface area contributed by atoms with E-state index in [0.29, 0.717) is 28.3 Å². The highest BCUT2D eigenvalue weighted by atomic mass is 35.5. The SMILES string of the molecule is C[C@H](O)c1c(NC(=O)Nc2cnc(-n3nccn3)c(Cl)c2)cnn2cccc12. The normalized spacial score (nSPS) is 12.1. The summed E-state index contributed by atoms with van der Waals surface area (Å²) in [7, 11) is 0. The lowest BCUT2D eigenvalue weighted by atomic mass is 10.1. The molecule has 0 spiro atoms. The van der Waals surface area contributed by atoms with Crippen molar-refractivity contribution in [1.82, 2.24) is 29.6 Å². The molecule has 10 nitrogen and oxygen atoms in total. The summed E-state index contributed by atoms with van der Waals surface area (Å²) < 4.78 is 1.62. The van der Waals surface area contributed by atoms with Crippen LogP contribution in [-0.4, -0.2) is 40.7 Å². The fourth-order valence-electron chi connectivity index (χ4n) is 2.81. The van der Waals surface area contributed by atoms with Crippen LogP contribution in [0.3, 0.4) is 0 Å². The molecule has 11 heteroatoms. The molecule has 142 valence electrons. The summed E-state index contributed by atoms with van der Waals surface area (Å²) in [6.45, 7) is 1.62. The molecule has 0 radical (unpaired) electrons. The standard InChI is InChI=1S/C17H15ClN8O2/c1-10(27)15-13(9-22-25-6-2-3-14(15)25)24-17(28)23-11-7-12(18)16(19-8-11)26-20-4-5-21-26/h2-10,27H,1H3,(H2,23,24,28)/t10-/m0/s1. The number of hydrogen-bond acceptors (Lipinski definition) is 6. The molecule has 0 aliphatic rings. The smallest absolute Gasteiger partial charge is 0.323 e. The van der Waals surface area contributed by atoms with Crippen molar-refractivity contribution < 1.29 is 9.90 Å². The highest BCUT2D eigenvalue weighted by Gasteiger charge is 2.16. The van der Waals surface area contributed by atoms with Crippen LogP contribution in [0.5, 0.6) is 0 Å². The molecule has 0 fully saturated rings. The first-order valence-electron chi connectivity index (χ1n) is 8.27. The average molecular weight is 399 g/mol. The van der Waals surface area contributed by atoms with Gasteiger partial charge in [0.15, 0.2) is 5.82 Å². The van der Waals surface area contributed by atoms with E-state index < -0.39 is 12.1 Å². The predicted octanol–water partition coefficient (Wildman–Crippen LogP) is 2.66. The number of halogens is 1. The first-order valence-corrected chi connectivity index (χ1v) is 8.65. The second-order valence-electron chi connectivity index (χ2n) is 5.91. The summed E-state index contributed by atoms with van der Waals surface area (Å²) >= 11 is 6.20. The van der Waals surface area contributed by atoms with E-state index >= 15 is 0 Å². The maximum Gasteiger partial charge on any atom is 0.323 e. The molecule has 4 rings (SSSR count). The van der Waals surface area contributed by atoms with E-state index in [9.17, 15) is 9.90 Å². The number of aromatic nitrogens is 6. The molecule has 28 heavy (non-hydrogen) atoms. The van der Waals surface area contributed by atoms with Crippen LogP contribution in [0.25, 0.3) is 11.3 Å². The number of aliphatic hydroxyl groups is 1. The van der Waals surface area contributed by atoms with Gasteiger partial charge in [-0.1, -0.05) is 11.6 Å². The number of carbonyl (C=O) groups excluding carboxylic acids is 1. The summed E-state index contributed by atoms with van der Waals surface area (Å²) in [5, 5.41) is 27.9. The zero-order valence-electron chi connectivity index (χ0n) is 14.6. The molecule has 0 aliphatic heterocycles. The van der Waals surface area contributed by atoms with E-state index in [-0.39, 0.29) is 5.02 Å². The van der Waals surface area contributed by atoms with Crippen LogP contribution in [-0.2, 0) is 0 Å². The lowest BCUT2D eigenvalue weighted by Crippen LogP contribution is -2.21. The van der Waals surface area contributed by atoms with Crippen LogP contribution in [0.1, 0.15) is 18.6 Å². The number of fused-ring (bicyclic) bond motifs is 1. The van der Waals surface area contributed by atoms with Gasteiger partial charge in [-0.05, 0) is 25.1 Å². The van der Waals surface area contributed by atoms with Crippen molar-refractivity contribution in [2.24, 2.45) is 0 Å². The number of nitrogens with one attached hydrogen (secondary N) is 2.